The third-order valence-electron chi connectivity index (χ3n) is 3.65. The first kappa shape index (κ1) is 18.0. The van der Waals surface area contributed by atoms with Crippen LogP contribution < -0.4 is 14.2 Å². The summed E-state index contributed by atoms with van der Waals surface area (Å²) in [6.07, 6.45) is -0.921. The molecule has 3 aromatic rings. The van der Waals surface area contributed by atoms with E-state index in [9.17, 15) is 4.79 Å². The van der Waals surface area contributed by atoms with Crippen LogP contribution in [0.1, 0.15) is 6.92 Å². The summed E-state index contributed by atoms with van der Waals surface area (Å²) in [5.74, 6) is 1.04. The molecule has 0 amide bonds. The van der Waals surface area contributed by atoms with Crippen molar-refractivity contribution in [2.24, 2.45) is 0 Å². The molecule has 0 aliphatic heterocycles. The van der Waals surface area contributed by atoms with E-state index in [0.717, 1.165) is 9.86 Å². The van der Waals surface area contributed by atoms with Crippen LogP contribution in [-0.4, -0.2) is 29.3 Å². The van der Waals surface area contributed by atoms with Crippen LogP contribution in [0.2, 0.25) is 0 Å². The molecular formula is C19H16BrNO5. The van der Waals surface area contributed by atoms with Crippen LogP contribution in [0.4, 0.5) is 0 Å². The second kappa shape index (κ2) is 7.61. The van der Waals surface area contributed by atoms with Gasteiger partial charge in [0.2, 0.25) is 5.88 Å². The zero-order chi connectivity index (χ0) is 18.7. The second-order valence-corrected chi connectivity index (χ2v) is 6.33. The normalized spacial score (nSPS) is 11.8. The molecule has 7 heteroatoms. The molecule has 1 atom stereocenters. The van der Waals surface area contributed by atoms with Gasteiger partial charge in [-0.1, -0.05) is 6.07 Å². The topological polar surface area (TPSA) is 77.9 Å². The van der Waals surface area contributed by atoms with Crippen molar-refractivity contribution in [3.05, 3.63) is 53.0 Å². The van der Waals surface area contributed by atoms with Crippen LogP contribution >= 0.6 is 15.9 Å². The van der Waals surface area contributed by atoms with E-state index >= 15 is 0 Å². The minimum Gasteiger partial charge on any atom is -0.493 e. The van der Waals surface area contributed by atoms with Gasteiger partial charge in [-0.05, 0) is 59.3 Å². The molecular weight excluding hydrogens is 402 g/mol. The number of halogens is 1. The molecule has 2 aromatic carbocycles. The van der Waals surface area contributed by atoms with Gasteiger partial charge in [0.15, 0.2) is 11.9 Å². The van der Waals surface area contributed by atoms with Gasteiger partial charge in [0.25, 0.3) is 0 Å². The minimum atomic E-state index is -1.02. The Hall–Kier alpha value is -2.80. The van der Waals surface area contributed by atoms with Crippen LogP contribution in [0, 0.1) is 0 Å². The second-order valence-electron chi connectivity index (χ2n) is 5.47. The largest absolute Gasteiger partial charge is 0.493 e. The van der Waals surface area contributed by atoms with Gasteiger partial charge in [0.05, 0.1) is 11.6 Å². The maximum absolute atomic E-state index is 10.8. The molecule has 0 saturated heterocycles. The molecule has 1 unspecified atom stereocenters. The molecule has 134 valence electrons. The van der Waals surface area contributed by atoms with E-state index in [1.54, 1.807) is 37.4 Å². The van der Waals surface area contributed by atoms with Gasteiger partial charge in [-0.15, -0.1) is 0 Å². The third-order valence-corrected chi connectivity index (χ3v) is 4.28. The molecule has 1 aromatic heterocycles. The average Bonchev–Trinajstić information content (AvgIpc) is 2.63. The van der Waals surface area contributed by atoms with E-state index in [1.165, 1.54) is 6.92 Å². The molecule has 26 heavy (non-hydrogen) atoms. The Balaban J connectivity index is 1.81. The fourth-order valence-electron chi connectivity index (χ4n) is 2.33. The maximum Gasteiger partial charge on any atom is 0.344 e. The minimum absolute atomic E-state index is 0.418. The first-order chi connectivity index (χ1) is 12.5. The van der Waals surface area contributed by atoms with Gasteiger partial charge in [-0.3, -0.25) is 0 Å². The lowest BCUT2D eigenvalue weighted by Gasteiger charge is -2.12. The fraction of sp³-hybridized carbons (Fsp3) is 0.158. The quantitative estimate of drug-likeness (QED) is 0.628. The van der Waals surface area contributed by atoms with E-state index < -0.39 is 12.1 Å². The summed E-state index contributed by atoms with van der Waals surface area (Å²) in [5, 5.41) is 9.80. The standard InChI is InChI=1S/C19H16BrNO5/c1-11(19(22)23)25-13-5-7-14(8-6-13)26-16-10-4-12-3-9-15(20)18(24-2)17(12)21-16/h3-11H,1-2H3,(H,22,23). The lowest BCUT2D eigenvalue weighted by Crippen LogP contribution is -2.22. The lowest BCUT2D eigenvalue weighted by molar-refractivity contribution is -0.144. The number of ether oxygens (including phenoxy) is 3. The monoisotopic (exact) mass is 417 g/mol. The number of carbonyl (C=O) groups is 1. The zero-order valence-corrected chi connectivity index (χ0v) is 15.7. The van der Waals surface area contributed by atoms with Crippen molar-refractivity contribution < 1.29 is 24.1 Å². The number of fused-ring (bicyclic) bond motifs is 1. The van der Waals surface area contributed by atoms with E-state index in [-0.39, 0.29) is 0 Å². The highest BCUT2D eigenvalue weighted by molar-refractivity contribution is 9.10. The molecule has 0 aliphatic rings. The molecule has 0 fully saturated rings. The van der Waals surface area contributed by atoms with Crippen LogP contribution in [0.5, 0.6) is 23.1 Å². The highest BCUT2D eigenvalue weighted by atomic mass is 79.9. The predicted octanol–water partition coefficient (Wildman–Crippen LogP) is 4.65. The average molecular weight is 418 g/mol. The van der Waals surface area contributed by atoms with Gasteiger partial charge in [0, 0.05) is 11.5 Å². The number of methoxy groups -OCH3 is 1. The van der Waals surface area contributed by atoms with Crippen molar-refractivity contribution in [3.63, 3.8) is 0 Å². The van der Waals surface area contributed by atoms with E-state index in [0.29, 0.717) is 28.6 Å². The predicted molar refractivity (Wildman–Crippen MR) is 100 cm³/mol. The lowest BCUT2D eigenvalue weighted by atomic mass is 10.2. The third kappa shape index (κ3) is 3.88. The van der Waals surface area contributed by atoms with Crippen LogP contribution in [0.3, 0.4) is 0 Å². The number of nitrogens with zero attached hydrogens (tertiary/aromatic N) is 1. The number of hydrogen-bond acceptors (Lipinski definition) is 5. The van der Waals surface area contributed by atoms with Gasteiger partial charge in [-0.25, -0.2) is 9.78 Å². The molecule has 1 N–H and O–H groups in total. The summed E-state index contributed by atoms with van der Waals surface area (Å²) >= 11 is 3.45. The SMILES string of the molecule is COc1c(Br)ccc2ccc(Oc3ccc(OC(C)C(=O)O)cc3)nc12. The number of aromatic nitrogens is 1. The van der Waals surface area contributed by atoms with Crippen molar-refractivity contribution in [2.75, 3.05) is 7.11 Å². The number of rotatable bonds is 6. The summed E-state index contributed by atoms with van der Waals surface area (Å²) in [7, 11) is 1.59. The van der Waals surface area contributed by atoms with Crippen molar-refractivity contribution in [1.29, 1.82) is 0 Å². The smallest absolute Gasteiger partial charge is 0.344 e. The Labute approximate surface area is 158 Å². The first-order valence-corrected chi connectivity index (χ1v) is 8.58. The van der Waals surface area contributed by atoms with Gasteiger partial charge in [0.1, 0.15) is 17.0 Å². The number of aliphatic carboxylic acids is 1. The Kier molecular flexibility index (Phi) is 5.27. The van der Waals surface area contributed by atoms with Gasteiger partial charge in [-0.2, -0.15) is 0 Å². The number of hydrogen-bond donors (Lipinski definition) is 1. The molecule has 6 nitrogen and oxygen atoms in total. The number of benzene rings is 2. The number of carboxylic acids is 1. The van der Waals surface area contributed by atoms with E-state index in [1.807, 2.05) is 18.2 Å². The Morgan fingerprint density at radius 2 is 1.73 bits per heavy atom. The van der Waals surface area contributed by atoms with Crippen LogP contribution in [0.25, 0.3) is 10.9 Å². The van der Waals surface area contributed by atoms with E-state index in [2.05, 4.69) is 20.9 Å². The maximum atomic E-state index is 10.8. The van der Waals surface area contributed by atoms with Crippen molar-refractivity contribution in [1.82, 2.24) is 4.98 Å². The van der Waals surface area contributed by atoms with Crippen LogP contribution in [0.15, 0.2) is 53.0 Å². The highest BCUT2D eigenvalue weighted by Gasteiger charge is 2.13. The van der Waals surface area contributed by atoms with Crippen molar-refractivity contribution >= 4 is 32.8 Å². The Morgan fingerprint density at radius 1 is 1.08 bits per heavy atom. The summed E-state index contributed by atoms with van der Waals surface area (Å²) in [5.41, 5.74) is 0.689. The number of carboxylic acid groups (broad SMARTS) is 1. The van der Waals surface area contributed by atoms with Gasteiger partial charge < -0.3 is 19.3 Å². The Bertz CT molecular complexity index is 943. The molecule has 3 rings (SSSR count). The van der Waals surface area contributed by atoms with Gasteiger partial charge >= 0.3 is 5.97 Å². The summed E-state index contributed by atoms with van der Waals surface area (Å²) in [6.45, 7) is 1.47. The molecule has 1 heterocycles. The number of pyridine rings is 1. The molecule has 0 saturated carbocycles. The highest BCUT2D eigenvalue weighted by Crippen LogP contribution is 2.34. The first-order valence-electron chi connectivity index (χ1n) is 7.78. The molecule has 0 bridgehead atoms. The molecule has 0 aliphatic carbocycles. The van der Waals surface area contributed by atoms with Crippen LogP contribution in [-0.2, 0) is 4.79 Å². The van der Waals surface area contributed by atoms with Crippen molar-refractivity contribution in [3.8, 4) is 23.1 Å². The summed E-state index contributed by atoms with van der Waals surface area (Å²) in [6, 6.07) is 14.2. The fourth-order valence-corrected chi connectivity index (χ4v) is 2.81. The zero-order valence-electron chi connectivity index (χ0n) is 14.1. The van der Waals surface area contributed by atoms with Crippen molar-refractivity contribution in [2.45, 2.75) is 13.0 Å². The molecule has 0 radical (unpaired) electrons. The summed E-state index contributed by atoms with van der Waals surface area (Å²) < 4.78 is 17.3. The summed E-state index contributed by atoms with van der Waals surface area (Å²) in [4.78, 5) is 15.3. The molecule has 0 spiro atoms. The van der Waals surface area contributed by atoms with E-state index in [4.69, 9.17) is 19.3 Å². The Morgan fingerprint density at radius 3 is 2.38 bits per heavy atom.